The second-order valence-electron chi connectivity index (χ2n) is 6.19. The van der Waals surface area contributed by atoms with Gasteiger partial charge in [0, 0.05) is 63.3 Å². The molecule has 0 saturated carbocycles. The molecule has 136 valence electrons. The Morgan fingerprint density at radius 1 is 0.962 bits per heavy atom. The molecule has 0 bridgehead atoms. The Labute approximate surface area is 153 Å². The Bertz CT molecular complexity index is 715. The lowest BCUT2D eigenvalue weighted by Gasteiger charge is -2.35. The van der Waals surface area contributed by atoms with Crippen LogP contribution in [0.25, 0.3) is 0 Å². The third kappa shape index (κ3) is 5.02. The second kappa shape index (κ2) is 8.94. The number of pyridine rings is 2. The van der Waals surface area contributed by atoms with E-state index in [2.05, 4.69) is 20.2 Å². The number of anilines is 2. The van der Waals surface area contributed by atoms with Gasteiger partial charge in [-0.25, -0.2) is 4.98 Å². The molecule has 1 aliphatic heterocycles. The summed E-state index contributed by atoms with van der Waals surface area (Å²) < 4.78 is 0. The molecule has 1 fully saturated rings. The minimum atomic E-state index is -0.0797. The van der Waals surface area contributed by atoms with Crippen molar-refractivity contribution in [2.45, 2.75) is 19.3 Å². The van der Waals surface area contributed by atoms with Gasteiger partial charge in [-0.15, -0.1) is 0 Å². The molecule has 0 atom stereocenters. The molecule has 3 heterocycles. The first-order valence-electron chi connectivity index (χ1n) is 8.86. The number of carbonyl (C=O) groups excluding carboxylic acids is 2. The van der Waals surface area contributed by atoms with Crippen molar-refractivity contribution in [1.82, 2.24) is 14.9 Å². The number of hydrogen-bond acceptors (Lipinski definition) is 5. The fourth-order valence-electron chi connectivity index (χ4n) is 2.94. The van der Waals surface area contributed by atoms with Crippen LogP contribution in [0.1, 0.15) is 19.3 Å². The van der Waals surface area contributed by atoms with Crippen molar-refractivity contribution in [1.29, 1.82) is 0 Å². The molecular formula is C19H23N5O2. The van der Waals surface area contributed by atoms with E-state index in [4.69, 9.17) is 0 Å². The quantitative estimate of drug-likeness (QED) is 0.859. The molecule has 1 aliphatic rings. The monoisotopic (exact) mass is 353 g/mol. The molecule has 2 aromatic heterocycles. The van der Waals surface area contributed by atoms with Gasteiger partial charge in [-0.3, -0.25) is 14.6 Å². The number of amides is 2. The summed E-state index contributed by atoms with van der Waals surface area (Å²) in [6.45, 7) is 2.95. The third-order valence-corrected chi connectivity index (χ3v) is 4.36. The fraction of sp³-hybridized carbons (Fsp3) is 0.368. The van der Waals surface area contributed by atoms with Gasteiger partial charge in [-0.2, -0.15) is 0 Å². The second-order valence-corrected chi connectivity index (χ2v) is 6.19. The van der Waals surface area contributed by atoms with Crippen molar-refractivity contribution >= 4 is 23.3 Å². The molecule has 3 rings (SSSR count). The van der Waals surface area contributed by atoms with E-state index < -0.39 is 0 Å². The zero-order valence-electron chi connectivity index (χ0n) is 14.7. The van der Waals surface area contributed by atoms with Gasteiger partial charge in [-0.1, -0.05) is 6.07 Å². The summed E-state index contributed by atoms with van der Waals surface area (Å²) in [6, 6.07) is 9.33. The molecule has 0 aromatic carbocycles. The van der Waals surface area contributed by atoms with E-state index in [1.807, 2.05) is 23.1 Å². The number of carbonyl (C=O) groups is 2. The van der Waals surface area contributed by atoms with Gasteiger partial charge in [0.2, 0.25) is 11.8 Å². The fourth-order valence-corrected chi connectivity index (χ4v) is 2.94. The Kier molecular flexibility index (Phi) is 6.14. The van der Waals surface area contributed by atoms with Crippen molar-refractivity contribution in [2.24, 2.45) is 0 Å². The number of nitrogens with one attached hydrogen (secondary N) is 1. The Morgan fingerprint density at radius 2 is 1.73 bits per heavy atom. The van der Waals surface area contributed by atoms with Crippen LogP contribution in [-0.2, 0) is 9.59 Å². The van der Waals surface area contributed by atoms with Crippen LogP contribution >= 0.6 is 0 Å². The maximum absolute atomic E-state index is 12.3. The molecule has 0 spiro atoms. The molecule has 2 amide bonds. The Hall–Kier alpha value is -2.96. The SMILES string of the molecule is O=C(CCCC(=O)N1CCN(c2ccccn2)CC1)Nc1ccncc1. The van der Waals surface area contributed by atoms with Gasteiger partial charge in [0.1, 0.15) is 5.82 Å². The predicted molar refractivity (Wildman–Crippen MR) is 99.7 cm³/mol. The van der Waals surface area contributed by atoms with Crippen LogP contribution in [0.2, 0.25) is 0 Å². The average molecular weight is 353 g/mol. The van der Waals surface area contributed by atoms with Crippen molar-refractivity contribution < 1.29 is 9.59 Å². The van der Waals surface area contributed by atoms with E-state index in [9.17, 15) is 9.59 Å². The van der Waals surface area contributed by atoms with Gasteiger partial charge in [-0.05, 0) is 30.7 Å². The number of aromatic nitrogens is 2. The van der Waals surface area contributed by atoms with Gasteiger partial charge in [0.25, 0.3) is 0 Å². The molecule has 7 heteroatoms. The van der Waals surface area contributed by atoms with Crippen LogP contribution < -0.4 is 10.2 Å². The Morgan fingerprint density at radius 3 is 2.42 bits per heavy atom. The maximum atomic E-state index is 12.3. The number of hydrogen-bond donors (Lipinski definition) is 1. The van der Waals surface area contributed by atoms with E-state index in [-0.39, 0.29) is 11.8 Å². The molecule has 0 radical (unpaired) electrons. The standard InChI is InChI=1S/C19H23N5O2/c25-18(22-16-7-10-20-11-8-16)5-3-6-19(26)24-14-12-23(13-15-24)17-4-1-2-9-21-17/h1-2,4,7-11H,3,5-6,12-15H2,(H,20,22,25). The van der Waals surface area contributed by atoms with E-state index in [1.54, 1.807) is 30.7 Å². The van der Waals surface area contributed by atoms with Gasteiger partial charge in [0.15, 0.2) is 0 Å². The smallest absolute Gasteiger partial charge is 0.224 e. The summed E-state index contributed by atoms with van der Waals surface area (Å²) in [6.07, 6.45) is 6.32. The van der Waals surface area contributed by atoms with Crippen LogP contribution in [0.15, 0.2) is 48.9 Å². The van der Waals surface area contributed by atoms with E-state index in [0.29, 0.717) is 32.4 Å². The largest absolute Gasteiger partial charge is 0.353 e. The lowest BCUT2D eigenvalue weighted by molar-refractivity contribution is -0.131. The normalized spacial score (nSPS) is 14.2. The highest BCUT2D eigenvalue weighted by atomic mass is 16.2. The van der Waals surface area contributed by atoms with Crippen LogP contribution in [0.5, 0.6) is 0 Å². The zero-order valence-corrected chi connectivity index (χ0v) is 14.7. The van der Waals surface area contributed by atoms with E-state index in [1.165, 1.54) is 0 Å². The molecule has 2 aromatic rings. The summed E-state index contributed by atoms with van der Waals surface area (Å²) >= 11 is 0. The molecule has 7 nitrogen and oxygen atoms in total. The van der Waals surface area contributed by atoms with Crippen LogP contribution in [0.3, 0.4) is 0 Å². The van der Waals surface area contributed by atoms with Crippen LogP contribution in [0.4, 0.5) is 11.5 Å². The minimum Gasteiger partial charge on any atom is -0.353 e. The zero-order chi connectivity index (χ0) is 18.2. The van der Waals surface area contributed by atoms with E-state index >= 15 is 0 Å². The highest BCUT2D eigenvalue weighted by Gasteiger charge is 2.21. The van der Waals surface area contributed by atoms with Crippen molar-refractivity contribution in [3.8, 4) is 0 Å². The van der Waals surface area contributed by atoms with Crippen molar-refractivity contribution in [3.63, 3.8) is 0 Å². The van der Waals surface area contributed by atoms with Crippen molar-refractivity contribution in [3.05, 3.63) is 48.9 Å². The molecule has 1 N–H and O–H groups in total. The molecule has 26 heavy (non-hydrogen) atoms. The molecular weight excluding hydrogens is 330 g/mol. The first kappa shape index (κ1) is 17.8. The molecule has 0 unspecified atom stereocenters. The average Bonchev–Trinajstić information content (AvgIpc) is 2.69. The van der Waals surface area contributed by atoms with Gasteiger partial charge in [0.05, 0.1) is 0 Å². The summed E-state index contributed by atoms with van der Waals surface area (Å²) in [5.41, 5.74) is 0.724. The molecule has 0 aliphatic carbocycles. The third-order valence-electron chi connectivity index (χ3n) is 4.36. The molecule has 1 saturated heterocycles. The number of piperazine rings is 1. The highest BCUT2D eigenvalue weighted by Crippen LogP contribution is 2.14. The lowest BCUT2D eigenvalue weighted by Crippen LogP contribution is -2.49. The van der Waals surface area contributed by atoms with Crippen molar-refractivity contribution in [2.75, 3.05) is 36.4 Å². The minimum absolute atomic E-state index is 0.0797. The van der Waals surface area contributed by atoms with Crippen LogP contribution in [-0.4, -0.2) is 52.9 Å². The first-order valence-corrected chi connectivity index (χ1v) is 8.86. The summed E-state index contributed by atoms with van der Waals surface area (Å²) in [5.74, 6) is 0.985. The summed E-state index contributed by atoms with van der Waals surface area (Å²) in [5, 5.41) is 2.80. The highest BCUT2D eigenvalue weighted by molar-refractivity contribution is 5.90. The number of nitrogens with zero attached hydrogens (tertiary/aromatic N) is 4. The topological polar surface area (TPSA) is 78.4 Å². The lowest BCUT2D eigenvalue weighted by atomic mass is 10.2. The van der Waals surface area contributed by atoms with Gasteiger partial charge >= 0.3 is 0 Å². The maximum Gasteiger partial charge on any atom is 0.224 e. The van der Waals surface area contributed by atoms with Crippen LogP contribution in [0, 0.1) is 0 Å². The predicted octanol–water partition coefficient (Wildman–Crippen LogP) is 1.93. The first-order chi connectivity index (χ1) is 12.7. The summed E-state index contributed by atoms with van der Waals surface area (Å²) in [4.78, 5) is 36.6. The van der Waals surface area contributed by atoms with E-state index in [0.717, 1.165) is 24.6 Å². The number of rotatable bonds is 6. The van der Waals surface area contributed by atoms with Gasteiger partial charge < -0.3 is 15.1 Å². The summed E-state index contributed by atoms with van der Waals surface area (Å²) in [7, 11) is 0. The Balaban J connectivity index is 1.36.